The second-order valence-electron chi connectivity index (χ2n) is 4.77. The topological polar surface area (TPSA) is 27.7 Å². The maximum Gasteiger partial charge on any atom is 0.164 e. The number of hydrogen-bond acceptors (Lipinski definition) is 3. The molecule has 1 rings (SSSR count). The van der Waals surface area contributed by atoms with Crippen LogP contribution in [0.1, 0.15) is 19.4 Å². The van der Waals surface area contributed by atoms with Crippen molar-refractivity contribution in [3.05, 3.63) is 35.9 Å². The first-order chi connectivity index (χ1) is 8.10. The summed E-state index contributed by atoms with van der Waals surface area (Å²) in [6.45, 7) is 5.34. The third-order valence-electron chi connectivity index (χ3n) is 2.65. The molecule has 0 heterocycles. The number of hydrogen-bond donors (Lipinski definition) is 0. The van der Waals surface area contributed by atoms with Crippen molar-refractivity contribution in [2.45, 2.75) is 26.7 Å². The summed E-state index contributed by atoms with van der Waals surface area (Å²) in [6.07, 6.45) is -0.252. The maximum atomic E-state index is 5.71. The Morgan fingerprint density at radius 2 is 1.65 bits per heavy atom. The fraction of sp³-hybridized carbons (Fsp3) is 0.571. The molecule has 17 heavy (non-hydrogen) atoms. The minimum absolute atomic E-state index is 0.168. The van der Waals surface area contributed by atoms with E-state index in [9.17, 15) is 0 Å². The Kier molecular flexibility index (Phi) is 5.62. The van der Waals surface area contributed by atoms with Gasteiger partial charge >= 0.3 is 0 Å². The summed E-state index contributed by atoms with van der Waals surface area (Å²) in [5.41, 5.74) is 1.01. The molecule has 0 spiro atoms. The lowest BCUT2D eigenvalue weighted by molar-refractivity contribution is -0.184. The van der Waals surface area contributed by atoms with Crippen LogP contribution in [0, 0.1) is 5.41 Å². The Morgan fingerprint density at radius 3 is 2.18 bits per heavy atom. The molecular weight excluding hydrogens is 216 g/mol. The number of methoxy groups -OCH3 is 2. The van der Waals surface area contributed by atoms with Crippen molar-refractivity contribution >= 4 is 0 Å². The number of ether oxygens (including phenoxy) is 3. The van der Waals surface area contributed by atoms with E-state index < -0.39 is 0 Å². The molecule has 0 bridgehead atoms. The molecule has 0 amide bonds. The van der Waals surface area contributed by atoms with Crippen LogP contribution in [0.3, 0.4) is 0 Å². The molecule has 0 N–H and O–H groups in total. The van der Waals surface area contributed by atoms with Crippen molar-refractivity contribution in [1.29, 1.82) is 0 Å². The average Bonchev–Trinajstić information content (AvgIpc) is 2.31. The van der Waals surface area contributed by atoms with Crippen molar-refractivity contribution in [2.24, 2.45) is 5.41 Å². The van der Waals surface area contributed by atoms with Crippen LogP contribution in [0.2, 0.25) is 0 Å². The van der Waals surface area contributed by atoms with E-state index in [1.54, 1.807) is 14.2 Å². The molecule has 0 atom stereocenters. The monoisotopic (exact) mass is 238 g/mol. The number of rotatable bonds is 7. The second-order valence-corrected chi connectivity index (χ2v) is 4.77. The molecule has 1 aromatic rings. The Labute approximate surface area is 104 Å². The van der Waals surface area contributed by atoms with Crippen molar-refractivity contribution in [3.8, 4) is 0 Å². The summed E-state index contributed by atoms with van der Waals surface area (Å²) < 4.78 is 16.2. The van der Waals surface area contributed by atoms with Gasteiger partial charge in [0.1, 0.15) is 0 Å². The molecule has 3 heteroatoms. The summed E-state index contributed by atoms with van der Waals surface area (Å²) in [5.74, 6) is 0. The van der Waals surface area contributed by atoms with Crippen LogP contribution < -0.4 is 0 Å². The largest absolute Gasteiger partial charge is 0.376 e. The molecular formula is C14H22O3. The summed E-state index contributed by atoms with van der Waals surface area (Å²) in [6, 6.07) is 10.1. The van der Waals surface area contributed by atoms with Crippen LogP contribution in [-0.4, -0.2) is 27.1 Å². The highest BCUT2D eigenvalue weighted by molar-refractivity contribution is 5.13. The molecule has 0 aliphatic carbocycles. The first kappa shape index (κ1) is 14.2. The van der Waals surface area contributed by atoms with Crippen LogP contribution in [0.4, 0.5) is 0 Å². The van der Waals surface area contributed by atoms with Gasteiger partial charge in [0, 0.05) is 19.6 Å². The molecule has 0 radical (unpaired) electrons. The molecule has 0 unspecified atom stereocenters. The lowest BCUT2D eigenvalue weighted by Crippen LogP contribution is -2.36. The summed E-state index contributed by atoms with van der Waals surface area (Å²) >= 11 is 0. The average molecular weight is 238 g/mol. The normalized spacial score (nSPS) is 12.1. The molecule has 0 aliphatic heterocycles. The van der Waals surface area contributed by atoms with Gasteiger partial charge in [-0.1, -0.05) is 44.2 Å². The van der Waals surface area contributed by atoms with Gasteiger partial charge in [0.25, 0.3) is 0 Å². The van der Waals surface area contributed by atoms with Crippen LogP contribution in [0.15, 0.2) is 30.3 Å². The van der Waals surface area contributed by atoms with Crippen LogP contribution >= 0.6 is 0 Å². The first-order valence-corrected chi connectivity index (χ1v) is 5.77. The molecule has 0 aromatic heterocycles. The zero-order valence-corrected chi connectivity index (χ0v) is 11.1. The van der Waals surface area contributed by atoms with Gasteiger partial charge in [-0.15, -0.1) is 0 Å². The van der Waals surface area contributed by atoms with Crippen molar-refractivity contribution < 1.29 is 14.2 Å². The molecule has 0 fully saturated rings. The van der Waals surface area contributed by atoms with Crippen LogP contribution in [0.25, 0.3) is 0 Å². The van der Waals surface area contributed by atoms with E-state index in [1.807, 2.05) is 18.2 Å². The van der Waals surface area contributed by atoms with E-state index in [4.69, 9.17) is 14.2 Å². The van der Waals surface area contributed by atoms with Gasteiger partial charge in [-0.05, 0) is 5.56 Å². The Bertz CT molecular complexity index is 305. The highest BCUT2D eigenvalue weighted by Crippen LogP contribution is 2.24. The lowest BCUT2D eigenvalue weighted by atomic mass is 9.94. The lowest BCUT2D eigenvalue weighted by Gasteiger charge is -2.31. The standard InChI is InChI=1S/C14H22O3/c1-14(2,13(15-3)16-4)11-17-10-12-8-6-5-7-9-12/h5-9,13H,10-11H2,1-4H3. The van der Waals surface area contributed by atoms with Gasteiger partial charge < -0.3 is 14.2 Å². The zero-order valence-electron chi connectivity index (χ0n) is 11.1. The van der Waals surface area contributed by atoms with Gasteiger partial charge in [-0.3, -0.25) is 0 Å². The van der Waals surface area contributed by atoms with E-state index >= 15 is 0 Å². The fourth-order valence-corrected chi connectivity index (χ4v) is 1.81. The van der Waals surface area contributed by atoms with Crippen molar-refractivity contribution in [2.75, 3.05) is 20.8 Å². The van der Waals surface area contributed by atoms with Gasteiger partial charge in [0.05, 0.1) is 13.2 Å². The van der Waals surface area contributed by atoms with Gasteiger partial charge in [0.2, 0.25) is 0 Å². The third-order valence-corrected chi connectivity index (χ3v) is 2.65. The Balaban J connectivity index is 2.39. The summed E-state index contributed by atoms with van der Waals surface area (Å²) in [7, 11) is 3.29. The van der Waals surface area contributed by atoms with Crippen molar-refractivity contribution in [3.63, 3.8) is 0 Å². The fourth-order valence-electron chi connectivity index (χ4n) is 1.81. The predicted octanol–water partition coefficient (Wildman–Crippen LogP) is 2.85. The smallest absolute Gasteiger partial charge is 0.164 e. The van der Waals surface area contributed by atoms with E-state index in [-0.39, 0.29) is 11.7 Å². The second kappa shape index (κ2) is 6.74. The van der Waals surface area contributed by atoms with Crippen LogP contribution in [-0.2, 0) is 20.8 Å². The van der Waals surface area contributed by atoms with Gasteiger partial charge in [0.15, 0.2) is 6.29 Å². The van der Waals surface area contributed by atoms with E-state index in [0.717, 1.165) is 0 Å². The molecule has 1 aromatic carbocycles. The zero-order chi connectivity index (χ0) is 12.7. The quantitative estimate of drug-likeness (QED) is 0.684. The molecule has 96 valence electrons. The van der Waals surface area contributed by atoms with Gasteiger partial charge in [-0.25, -0.2) is 0 Å². The minimum Gasteiger partial charge on any atom is -0.376 e. The SMILES string of the molecule is COC(OC)C(C)(C)COCc1ccccc1. The summed E-state index contributed by atoms with van der Waals surface area (Å²) in [4.78, 5) is 0. The van der Waals surface area contributed by atoms with E-state index in [2.05, 4.69) is 26.0 Å². The van der Waals surface area contributed by atoms with Gasteiger partial charge in [-0.2, -0.15) is 0 Å². The minimum atomic E-state index is -0.252. The molecule has 0 aliphatic rings. The summed E-state index contributed by atoms with van der Waals surface area (Å²) in [5, 5.41) is 0. The molecule has 0 saturated heterocycles. The van der Waals surface area contributed by atoms with Crippen molar-refractivity contribution in [1.82, 2.24) is 0 Å². The van der Waals surface area contributed by atoms with Crippen LogP contribution in [0.5, 0.6) is 0 Å². The third kappa shape index (κ3) is 4.46. The van der Waals surface area contributed by atoms with E-state index in [0.29, 0.717) is 13.2 Å². The van der Waals surface area contributed by atoms with E-state index in [1.165, 1.54) is 5.56 Å². The predicted molar refractivity (Wildman–Crippen MR) is 67.7 cm³/mol. The maximum absolute atomic E-state index is 5.71. The Morgan fingerprint density at radius 1 is 1.06 bits per heavy atom. The first-order valence-electron chi connectivity index (χ1n) is 5.77. The highest BCUT2D eigenvalue weighted by Gasteiger charge is 2.29. The molecule has 0 saturated carbocycles. The molecule has 3 nitrogen and oxygen atoms in total. The highest BCUT2D eigenvalue weighted by atomic mass is 16.7. The number of benzene rings is 1. The Hall–Kier alpha value is -0.900.